The minimum Gasteiger partial charge on any atom is -0.302 e. The minimum absolute atomic E-state index is 0. The Kier molecular flexibility index (Phi) is 3.91. The van der Waals surface area contributed by atoms with Gasteiger partial charge in [0.15, 0.2) is 0 Å². The van der Waals surface area contributed by atoms with Gasteiger partial charge in [0.25, 0.3) is 0 Å². The smallest absolute Gasteiger partial charge is 0.302 e. The van der Waals surface area contributed by atoms with E-state index in [2.05, 4.69) is 45.0 Å². The number of rotatable bonds is 0. The second-order valence-electron chi connectivity index (χ2n) is 4.29. The van der Waals surface area contributed by atoms with E-state index in [1.54, 1.807) is 5.03 Å². The van der Waals surface area contributed by atoms with Gasteiger partial charge in [-0.25, -0.2) is 0 Å². The van der Waals surface area contributed by atoms with Gasteiger partial charge in [0.2, 0.25) is 0 Å². The Hall–Kier alpha value is 0.287. The fourth-order valence-electron chi connectivity index (χ4n) is 1.24. The Morgan fingerprint density at radius 2 is 1.79 bits per heavy atom. The third kappa shape index (κ3) is 2.45. The first-order valence-corrected chi connectivity index (χ1v) is 6.26. The van der Waals surface area contributed by atoms with Gasteiger partial charge in [0.1, 0.15) is 0 Å². The van der Waals surface area contributed by atoms with Gasteiger partial charge < -0.3 is 16.4 Å². The Morgan fingerprint density at radius 3 is 2.36 bits per heavy atom. The van der Waals surface area contributed by atoms with Gasteiger partial charge >= 0.3 is 18.9 Å². The SMILES string of the molecule is CC(C)(C)c1pc2ccccc2[p-]1.[Li+]. The molecule has 0 N–H and O–H groups in total. The predicted octanol–water partition coefficient (Wildman–Crippen LogP) is 2.02. The summed E-state index contributed by atoms with van der Waals surface area (Å²) in [6.07, 6.45) is 0. The molecule has 0 fully saturated rings. The van der Waals surface area contributed by atoms with Gasteiger partial charge in [-0.1, -0.05) is 45.0 Å². The van der Waals surface area contributed by atoms with E-state index >= 15 is 0 Å². The van der Waals surface area contributed by atoms with E-state index in [4.69, 9.17) is 0 Å². The molecule has 0 aliphatic heterocycles. The van der Waals surface area contributed by atoms with E-state index in [1.807, 2.05) is 0 Å². The second kappa shape index (κ2) is 4.43. The van der Waals surface area contributed by atoms with Crippen molar-refractivity contribution in [3.05, 3.63) is 29.3 Å². The molecule has 1 aromatic heterocycles. The average Bonchev–Trinajstić information content (AvgIpc) is 2.45. The van der Waals surface area contributed by atoms with Crippen molar-refractivity contribution in [2.45, 2.75) is 26.2 Å². The third-order valence-electron chi connectivity index (χ3n) is 2.01. The molecule has 0 aliphatic rings. The van der Waals surface area contributed by atoms with Crippen molar-refractivity contribution >= 4 is 26.6 Å². The first-order valence-electron chi connectivity index (χ1n) is 4.47. The molecule has 0 radical (unpaired) electrons. The van der Waals surface area contributed by atoms with Crippen LogP contribution in [0.1, 0.15) is 25.8 Å². The standard InChI is InChI=1S/C11H13P2.Li/c1-11(2,3)10-12-8-6-4-5-7-9(8)13-10;/h4-7H,1-3H3;/q-1;+1. The monoisotopic (exact) mass is 214 g/mol. The third-order valence-corrected chi connectivity index (χ3v) is 5.81. The molecule has 0 bridgehead atoms. The van der Waals surface area contributed by atoms with Gasteiger partial charge in [-0.15, -0.1) is 10.2 Å². The van der Waals surface area contributed by atoms with E-state index in [-0.39, 0.29) is 18.9 Å². The fraction of sp³-hybridized carbons (Fsp3) is 0.364. The van der Waals surface area contributed by atoms with E-state index in [1.165, 1.54) is 26.6 Å². The van der Waals surface area contributed by atoms with Crippen LogP contribution in [0, 0.1) is 0 Å². The van der Waals surface area contributed by atoms with Crippen LogP contribution in [0.2, 0.25) is 0 Å². The normalized spacial score (nSPS) is 12.5. The topological polar surface area (TPSA) is 0 Å². The maximum Gasteiger partial charge on any atom is 1.00 e. The van der Waals surface area contributed by atoms with Crippen LogP contribution in [0.5, 0.6) is 0 Å². The van der Waals surface area contributed by atoms with Crippen LogP contribution in [0.15, 0.2) is 24.3 Å². The predicted molar refractivity (Wildman–Crippen MR) is 63.3 cm³/mol. The van der Waals surface area contributed by atoms with Gasteiger partial charge in [-0.2, -0.15) is 5.03 Å². The molecule has 0 nitrogen and oxygen atoms in total. The molecule has 14 heavy (non-hydrogen) atoms. The summed E-state index contributed by atoms with van der Waals surface area (Å²) in [6, 6.07) is 8.74. The zero-order valence-corrected chi connectivity index (χ0v) is 11.0. The zero-order chi connectivity index (χ0) is 9.47. The molecule has 0 amide bonds. The molecule has 0 spiro atoms. The van der Waals surface area contributed by atoms with Crippen LogP contribution in [-0.2, 0) is 5.41 Å². The second-order valence-corrected chi connectivity index (χ2v) is 6.94. The Bertz CT molecular complexity index is 393. The summed E-state index contributed by atoms with van der Waals surface area (Å²) in [5, 5.41) is 4.61. The van der Waals surface area contributed by atoms with Gasteiger partial charge in [0.05, 0.1) is 0 Å². The Labute approximate surface area is 101 Å². The van der Waals surface area contributed by atoms with E-state index in [0.717, 1.165) is 0 Å². The summed E-state index contributed by atoms with van der Waals surface area (Å²) in [4.78, 5) is 0. The molecule has 0 unspecified atom stereocenters. The molecule has 0 atom stereocenters. The molecule has 3 heteroatoms. The van der Waals surface area contributed by atoms with Crippen LogP contribution in [0.3, 0.4) is 0 Å². The van der Waals surface area contributed by atoms with Gasteiger partial charge in [0, 0.05) is 0 Å². The van der Waals surface area contributed by atoms with Crippen LogP contribution >= 0.6 is 16.4 Å². The van der Waals surface area contributed by atoms with Crippen molar-refractivity contribution in [3.8, 4) is 0 Å². The summed E-state index contributed by atoms with van der Waals surface area (Å²) < 4.78 is 0. The van der Waals surface area contributed by atoms with Crippen molar-refractivity contribution in [3.63, 3.8) is 0 Å². The minimum atomic E-state index is 0. The number of fused-ring (bicyclic) bond motifs is 1. The summed E-state index contributed by atoms with van der Waals surface area (Å²) >= 11 is 0. The molecule has 2 aromatic rings. The van der Waals surface area contributed by atoms with E-state index < -0.39 is 0 Å². The van der Waals surface area contributed by atoms with E-state index in [0.29, 0.717) is 5.41 Å². The Morgan fingerprint density at radius 1 is 1.14 bits per heavy atom. The molecule has 68 valence electrons. The van der Waals surface area contributed by atoms with Crippen molar-refractivity contribution < 1.29 is 18.9 Å². The van der Waals surface area contributed by atoms with E-state index in [9.17, 15) is 0 Å². The molecule has 1 aromatic carbocycles. The number of hydrogen-bond acceptors (Lipinski definition) is 0. The average molecular weight is 214 g/mol. The van der Waals surface area contributed by atoms with Crippen LogP contribution in [0.25, 0.3) is 10.2 Å². The summed E-state index contributed by atoms with van der Waals surface area (Å²) in [5.41, 5.74) is 0.349. The quantitative estimate of drug-likeness (QED) is 0.588. The maximum atomic E-state index is 2.30. The van der Waals surface area contributed by atoms with Crippen molar-refractivity contribution in [1.29, 1.82) is 0 Å². The van der Waals surface area contributed by atoms with Crippen molar-refractivity contribution in [2.75, 3.05) is 0 Å². The molecular weight excluding hydrogens is 201 g/mol. The summed E-state index contributed by atoms with van der Waals surface area (Å²) in [7, 11) is 2.87. The number of hydrogen-bond donors (Lipinski definition) is 0. The zero-order valence-electron chi connectivity index (χ0n) is 9.20. The number of benzene rings is 1. The summed E-state index contributed by atoms with van der Waals surface area (Å²) in [6.45, 7) is 6.90. The molecule has 0 saturated carbocycles. The van der Waals surface area contributed by atoms with Crippen LogP contribution in [0.4, 0.5) is 0 Å². The largest absolute Gasteiger partial charge is 1.00 e. The van der Waals surface area contributed by atoms with Crippen molar-refractivity contribution in [1.82, 2.24) is 0 Å². The maximum absolute atomic E-state index is 2.30. The first kappa shape index (κ1) is 12.4. The molecule has 0 saturated heterocycles. The van der Waals surface area contributed by atoms with Crippen LogP contribution in [-0.4, -0.2) is 0 Å². The first-order chi connectivity index (χ1) is 6.07. The molecule has 1 heterocycles. The van der Waals surface area contributed by atoms with Crippen molar-refractivity contribution in [2.24, 2.45) is 0 Å². The molecular formula is C11H13LiP2. The molecule has 2 rings (SSSR count). The fourth-order valence-corrected chi connectivity index (χ4v) is 4.21. The molecule has 0 aliphatic carbocycles. The van der Waals surface area contributed by atoms with Gasteiger partial charge in [-0.05, 0) is 5.41 Å². The van der Waals surface area contributed by atoms with Crippen LogP contribution < -0.4 is 18.9 Å². The summed E-state index contributed by atoms with van der Waals surface area (Å²) in [5.74, 6) is 0. The van der Waals surface area contributed by atoms with Gasteiger partial charge in [-0.3, -0.25) is 0 Å². The Balaban J connectivity index is 0.000000980.